The van der Waals surface area contributed by atoms with Crippen molar-refractivity contribution in [2.24, 2.45) is 5.41 Å². The Morgan fingerprint density at radius 2 is 1.71 bits per heavy atom. The van der Waals surface area contributed by atoms with E-state index in [2.05, 4.69) is 0 Å². The summed E-state index contributed by atoms with van der Waals surface area (Å²) < 4.78 is 16.0. The molecule has 6 heteroatoms. The van der Waals surface area contributed by atoms with E-state index in [9.17, 15) is 9.59 Å². The highest BCUT2D eigenvalue weighted by atomic mass is 16.6. The third kappa shape index (κ3) is 3.67. The van der Waals surface area contributed by atoms with Crippen LogP contribution in [0.1, 0.15) is 48.5 Å². The third-order valence-electron chi connectivity index (χ3n) is 3.24. The lowest BCUT2D eigenvalue weighted by Gasteiger charge is -2.39. The van der Waals surface area contributed by atoms with Gasteiger partial charge in [0.05, 0.1) is 13.7 Å². The predicted molar refractivity (Wildman–Crippen MR) is 77.7 cm³/mol. The van der Waals surface area contributed by atoms with Crippen molar-refractivity contribution in [1.29, 1.82) is 0 Å². The van der Waals surface area contributed by atoms with Crippen LogP contribution in [0.4, 0.5) is 4.79 Å². The summed E-state index contributed by atoms with van der Waals surface area (Å²) in [5, 5.41) is 0. The van der Waals surface area contributed by atoms with Crippen LogP contribution >= 0.6 is 0 Å². The molecule has 1 aliphatic heterocycles. The lowest BCUT2D eigenvalue weighted by molar-refractivity contribution is -0.153. The van der Waals surface area contributed by atoms with E-state index in [0.29, 0.717) is 0 Å². The highest BCUT2D eigenvalue weighted by Gasteiger charge is 2.57. The lowest BCUT2D eigenvalue weighted by Crippen LogP contribution is -2.58. The van der Waals surface area contributed by atoms with Crippen molar-refractivity contribution in [3.05, 3.63) is 0 Å². The first kappa shape index (κ1) is 17.8. The number of esters is 1. The number of rotatable bonds is 1. The van der Waals surface area contributed by atoms with Crippen LogP contribution in [0.25, 0.3) is 0 Å². The lowest BCUT2D eigenvalue weighted by atomic mass is 9.91. The van der Waals surface area contributed by atoms with Gasteiger partial charge in [-0.3, -0.25) is 4.90 Å². The Morgan fingerprint density at radius 3 is 2.10 bits per heavy atom. The van der Waals surface area contributed by atoms with Gasteiger partial charge in [-0.05, 0) is 27.7 Å². The molecule has 1 amide bonds. The molecule has 2 atom stereocenters. The molecule has 1 aliphatic rings. The molecule has 0 N–H and O–H groups in total. The van der Waals surface area contributed by atoms with Gasteiger partial charge in [0.15, 0.2) is 5.54 Å². The molecule has 0 saturated carbocycles. The zero-order chi connectivity index (χ0) is 16.6. The molecule has 0 aromatic heterocycles. The number of hydrogen-bond donors (Lipinski definition) is 0. The molecule has 0 spiro atoms. The largest absolute Gasteiger partial charge is 0.467 e. The molecule has 6 nitrogen and oxygen atoms in total. The SMILES string of the molecule is COC(=O)[C@@]1(C)CO[C@@H](C(C)(C)C)N1C(=O)OC(C)(C)C. The number of nitrogens with zero attached hydrogens (tertiary/aromatic N) is 1. The van der Waals surface area contributed by atoms with Crippen LogP contribution in [-0.2, 0) is 19.0 Å². The number of ether oxygens (including phenoxy) is 3. The molecule has 21 heavy (non-hydrogen) atoms. The fourth-order valence-corrected chi connectivity index (χ4v) is 2.27. The number of carbonyl (C=O) groups excluding carboxylic acids is 2. The van der Waals surface area contributed by atoms with Crippen LogP contribution in [0, 0.1) is 5.41 Å². The Hall–Kier alpha value is -1.30. The standard InChI is InChI=1S/C15H27NO5/c1-13(2,3)10-16(12(18)21-14(4,5)6)15(7,9-20-10)11(17)19-8/h10H,9H2,1-8H3/t10-,15+/m0/s1. The van der Waals surface area contributed by atoms with Crippen LogP contribution in [-0.4, -0.2) is 48.0 Å². The van der Waals surface area contributed by atoms with Gasteiger partial charge in [-0.25, -0.2) is 9.59 Å². The maximum absolute atomic E-state index is 12.6. The average molecular weight is 301 g/mol. The van der Waals surface area contributed by atoms with Crippen LogP contribution in [0.3, 0.4) is 0 Å². The smallest absolute Gasteiger partial charge is 0.413 e. The molecular formula is C15H27NO5. The molecular weight excluding hydrogens is 274 g/mol. The highest BCUT2D eigenvalue weighted by molar-refractivity contribution is 5.86. The minimum absolute atomic E-state index is 0.0842. The van der Waals surface area contributed by atoms with Crippen LogP contribution in [0.2, 0.25) is 0 Å². The van der Waals surface area contributed by atoms with Gasteiger partial charge in [0.25, 0.3) is 0 Å². The van der Waals surface area contributed by atoms with E-state index in [1.807, 2.05) is 20.8 Å². The fourth-order valence-electron chi connectivity index (χ4n) is 2.27. The molecule has 1 heterocycles. The Morgan fingerprint density at radius 1 is 1.19 bits per heavy atom. The third-order valence-corrected chi connectivity index (χ3v) is 3.24. The topological polar surface area (TPSA) is 65.1 Å². The monoisotopic (exact) mass is 301 g/mol. The summed E-state index contributed by atoms with van der Waals surface area (Å²) in [5.41, 5.74) is -2.20. The molecule has 0 aliphatic carbocycles. The van der Waals surface area contributed by atoms with Gasteiger partial charge in [-0.15, -0.1) is 0 Å². The predicted octanol–water partition coefficient (Wildman–Crippen LogP) is 2.56. The van der Waals surface area contributed by atoms with E-state index in [1.54, 1.807) is 27.7 Å². The van der Waals surface area contributed by atoms with Gasteiger partial charge >= 0.3 is 12.1 Å². The molecule has 0 radical (unpaired) electrons. The molecule has 1 rings (SSSR count). The van der Waals surface area contributed by atoms with E-state index in [0.717, 1.165) is 0 Å². The van der Waals surface area contributed by atoms with E-state index < -0.39 is 29.4 Å². The normalized spacial score (nSPS) is 26.7. The highest BCUT2D eigenvalue weighted by Crippen LogP contribution is 2.38. The van der Waals surface area contributed by atoms with Gasteiger partial charge in [-0.2, -0.15) is 0 Å². The molecule has 1 saturated heterocycles. The van der Waals surface area contributed by atoms with E-state index in [1.165, 1.54) is 12.0 Å². The first-order valence-electron chi connectivity index (χ1n) is 7.05. The second-order valence-electron chi connectivity index (χ2n) is 7.65. The zero-order valence-corrected chi connectivity index (χ0v) is 14.3. The van der Waals surface area contributed by atoms with Crippen LogP contribution in [0.5, 0.6) is 0 Å². The summed E-state index contributed by atoms with van der Waals surface area (Å²) >= 11 is 0. The Balaban J connectivity index is 3.19. The van der Waals surface area contributed by atoms with Gasteiger partial charge in [0.2, 0.25) is 0 Å². The second-order valence-corrected chi connectivity index (χ2v) is 7.65. The summed E-state index contributed by atoms with van der Waals surface area (Å²) in [5.74, 6) is -0.514. The quantitative estimate of drug-likeness (QED) is 0.696. The molecule has 122 valence electrons. The van der Waals surface area contributed by atoms with Crippen molar-refractivity contribution < 1.29 is 23.8 Å². The maximum Gasteiger partial charge on any atom is 0.413 e. The van der Waals surface area contributed by atoms with Crippen molar-refractivity contribution in [1.82, 2.24) is 4.90 Å². The number of amides is 1. The van der Waals surface area contributed by atoms with E-state index in [-0.39, 0.29) is 12.0 Å². The summed E-state index contributed by atoms with van der Waals surface area (Å²) in [6.07, 6.45) is -1.13. The van der Waals surface area contributed by atoms with E-state index in [4.69, 9.17) is 14.2 Å². The maximum atomic E-state index is 12.6. The number of carbonyl (C=O) groups is 2. The Kier molecular flexibility index (Phi) is 4.63. The molecule has 0 bridgehead atoms. The van der Waals surface area contributed by atoms with Crippen molar-refractivity contribution in [3.63, 3.8) is 0 Å². The summed E-state index contributed by atoms with van der Waals surface area (Å²) in [6, 6.07) is 0. The van der Waals surface area contributed by atoms with Crippen LogP contribution in [0.15, 0.2) is 0 Å². The van der Waals surface area contributed by atoms with Crippen molar-refractivity contribution in [2.45, 2.75) is 65.8 Å². The fraction of sp³-hybridized carbons (Fsp3) is 0.867. The second kappa shape index (κ2) is 5.48. The van der Waals surface area contributed by atoms with Crippen molar-refractivity contribution in [2.75, 3.05) is 13.7 Å². The molecule has 0 unspecified atom stereocenters. The number of hydrogen-bond acceptors (Lipinski definition) is 5. The first-order chi connectivity index (χ1) is 9.33. The van der Waals surface area contributed by atoms with Crippen molar-refractivity contribution in [3.8, 4) is 0 Å². The molecule has 0 aromatic carbocycles. The average Bonchev–Trinajstić information content (AvgIpc) is 2.64. The van der Waals surface area contributed by atoms with Gasteiger partial charge in [0, 0.05) is 5.41 Å². The molecule has 0 aromatic rings. The number of methoxy groups -OCH3 is 1. The summed E-state index contributed by atoms with van der Waals surface area (Å²) in [6.45, 7) is 12.9. The minimum Gasteiger partial charge on any atom is -0.467 e. The Bertz CT molecular complexity index is 421. The minimum atomic E-state index is -1.19. The van der Waals surface area contributed by atoms with Gasteiger partial charge < -0.3 is 14.2 Å². The first-order valence-corrected chi connectivity index (χ1v) is 7.05. The van der Waals surface area contributed by atoms with Gasteiger partial charge in [-0.1, -0.05) is 20.8 Å². The van der Waals surface area contributed by atoms with Gasteiger partial charge in [0.1, 0.15) is 11.8 Å². The zero-order valence-electron chi connectivity index (χ0n) is 14.3. The van der Waals surface area contributed by atoms with Crippen LogP contribution < -0.4 is 0 Å². The Labute approximate surface area is 126 Å². The summed E-state index contributed by atoms with van der Waals surface area (Å²) in [4.78, 5) is 26.1. The molecule has 1 fully saturated rings. The van der Waals surface area contributed by atoms with E-state index >= 15 is 0 Å². The summed E-state index contributed by atoms with van der Waals surface area (Å²) in [7, 11) is 1.30. The van der Waals surface area contributed by atoms with Crippen molar-refractivity contribution >= 4 is 12.1 Å².